The Labute approximate surface area is 114 Å². The number of aromatic nitrogens is 4. The molecule has 0 unspecified atom stereocenters. The zero-order valence-electron chi connectivity index (χ0n) is 10.2. The van der Waals surface area contributed by atoms with E-state index in [1.165, 1.54) is 0 Å². The van der Waals surface area contributed by atoms with Gasteiger partial charge in [0.2, 0.25) is 0 Å². The van der Waals surface area contributed by atoms with E-state index in [-0.39, 0.29) is 0 Å². The molecule has 0 aliphatic carbocycles. The van der Waals surface area contributed by atoms with Gasteiger partial charge in [-0.2, -0.15) is 10.4 Å². The highest BCUT2D eigenvalue weighted by Gasteiger charge is 2.13. The number of rotatable bonds is 2. The number of fused-ring (bicyclic) bond motifs is 1. The van der Waals surface area contributed by atoms with Crippen molar-refractivity contribution in [2.75, 3.05) is 0 Å². The number of aryl methyl sites for hydroxylation is 1. The van der Waals surface area contributed by atoms with Gasteiger partial charge in [0.1, 0.15) is 5.82 Å². The Bertz CT molecular complexity index is 793. The number of benzene rings is 1. The van der Waals surface area contributed by atoms with Crippen molar-refractivity contribution >= 4 is 22.6 Å². The van der Waals surface area contributed by atoms with Crippen molar-refractivity contribution in [2.24, 2.45) is 7.05 Å². The molecule has 0 saturated heterocycles. The molecule has 0 aliphatic rings. The second-order valence-electron chi connectivity index (χ2n) is 4.18. The third-order valence-electron chi connectivity index (χ3n) is 2.92. The largest absolute Gasteiger partial charge is 0.292 e. The summed E-state index contributed by atoms with van der Waals surface area (Å²) < 4.78 is 3.64. The van der Waals surface area contributed by atoms with Crippen molar-refractivity contribution in [3.63, 3.8) is 0 Å². The van der Waals surface area contributed by atoms with Crippen molar-refractivity contribution in [2.45, 2.75) is 5.88 Å². The van der Waals surface area contributed by atoms with Gasteiger partial charge in [0.25, 0.3) is 0 Å². The van der Waals surface area contributed by atoms with E-state index in [1.54, 1.807) is 16.9 Å². The van der Waals surface area contributed by atoms with E-state index >= 15 is 0 Å². The minimum Gasteiger partial charge on any atom is -0.292 e. The van der Waals surface area contributed by atoms with Gasteiger partial charge in [-0.15, -0.1) is 11.6 Å². The molecule has 0 saturated carbocycles. The molecule has 2 heterocycles. The van der Waals surface area contributed by atoms with E-state index in [9.17, 15) is 0 Å². The summed E-state index contributed by atoms with van der Waals surface area (Å²) in [6, 6.07) is 7.53. The normalized spacial score (nSPS) is 10.8. The third kappa shape index (κ3) is 1.86. The molecule has 0 atom stereocenters. The lowest BCUT2D eigenvalue weighted by Gasteiger charge is -2.03. The maximum Gasteiger partial charge on any atom is 0.129 e. The summed E-state index contributed by atoms with van der Waals surface area (Å²) in [6.07, 6.45) is 3.63. The predicted octanol–water partition coefficient (Wildman–Crippen LogP) is 2.37. The number of alkyl halides is 1. The van der Waals surface area contributed by atoms with Crippen LogP contribution in [0.4, 0.5) is 0 Å². The Balaban J connectivity index is 2.34. The molecule has 0 radical (unpaired) electrons. The molecular weight excluding hydrogens is 262 g/mol. The van der Waals surface area contributed by atoms with Gasteiger partial charge in [0.15, 0.2) is 0 Å². The molecule has 0 aliphatic heterocycles. The number of halogens is 1. The summed E-state index contributed by atoms with van der Waals surface area (Å²) in [7, 11) is 1.85. The first kappa shape index (κ1) is 11.8. The molecule has 2 aromatic heterocycles. The van der Waals surface area contributed by atoms with Crippen LogP contribution >= 0.6 is 11.6 Å². The Hall–Kier alpha value is -2.32. The Morgan fingerprint density at radius 2 is 2.26 bits per heavy atom. The first-order valence-electron chi connectivity index (χ1n) is 5.69. The number of hydrogen-bond donors (Lipinski definition) is 0. The Morgan fingerprint density at radius 1 is 1.42 bits per heavy atom. The van der Waals surface area contributed by atoms with E-state index in [1.807, 2.05) is 29.9 Å². The summed E-state index contributed by atoms with van der Waals surface area (Å²) in [6.45, 7) is 0. The molecule has 5 nitrogen and oxygen atoms in total. The van der Waals surface area contributed by atoms with Crippen LogP contribution in [-0.2, 0) is 12.9 Å². The summed E-state index contributed by atoms with van der Waals surface area (Å²) in [4.78, 5) is 4.48. The molecule has 1 aromatic carbocycles. The molecule has 0 N–H and O–H groups in total. The zero-order chi connectivity index (χ0) is 13.4. The Morgan fingerprint density at radius 3 is 2.89 bits per heavy atom. The average molecular weight is 272 g/mol. The molecule has 6 heteroatoms. The van der Waals surface area contributed by atoms with Crippen molar-refractivity contribution in [1.82, 2.24) is 19.3 Å². The molecule has 0 fully saturated rings. The molecule has 0 amide bonds. The fraction of sp³-hybridized carbons (Fsp3) is 0.154. The fourth-order valence-electron chi connectivity index (χ4n) is 2.10. The van der Waals surface area contributed by atoms with Gasteiger partial charge < -0.3 is 0 Å². The first-order chi connectivity index (χ1) is 9.22. The van der Waals surface area contributed by atoms with E-state index in [4.69, 9.17) is 16.9 Å². The van der Waals surface area contributed by atoms with Crippen LogP contribution in [0.3, 0.4) is 0 Å². The molecule has 3 aromatic rings. The SMILES string of the molecule is Cn1cc(-n2c(CCl)nc3ccc(C#N)cc32)cn1. The van der Waals surface area contributed by atoms with Crippen LogP contribution in [0.25, 0.3) is 16.7 Å². The van der Waals surface area contributed by atoms with Gasteiger partial charge in [-0.1, -0.05) is 0 Å². The predicted molar refractivity (Wildman–Crippen MR) is 72.1 cm³/mol. The van der Waals surface area contributed by atoms with Crippen molar-refractivity contribution in [1.29, 1.82) is 5.26 Å². The molecule has 94 valence electrons. The Kier molecular flexibility index (Phi) is 2.73. The lowest BCUT2D eigenvalue weighted by Crippen LogP contribution is -1.98. The van der Waals surface area contributed by atoms with Gasteiger partial charge in [-0.25, -0.2) is 4.98 Å². The summed E-state index contributed by atoms with van der Waals surface area (Å²) >= 11 is 5.96. The first-order valence-corrected chi connectivity index (χ1v) is 6.23. The third-order valence-corrected chi connectivity index (χ3v) is 3.16. The lowest BCUT2D eigenvalue weighted by atomic mass is 10.2. The number of nitrogens with zero attached hydrogens (tertiary/aromatic N) is 5. The van der Waals surface area contributed by atoms with Crippen molar-refractivity contribution in [3.05, 3.63) is 42.0 Å². The van der Waals surface area contributed by atoms with Crippen LogP contribution in [0, 0.1) is 11.3 Å². The smallest absolute Gasteiger partial charge is 0.129 e. The molecule has 0 bridgehead atoms. The standard InChI is InChI=1S/C13H10ClN5/c1-18-8-10(7-16-18)19-12-4-9(6-15)2-3-11(12)17-13(19)5-14/h2-4,7-8H,5H2,1H3. The van der Waals surface area contributed by atoms with Crippen LogP contribution < -0.4 is 0 Å². The van der Waals surface area contributed by atoms with Gasteiger partial charge in [-0.3, -0.25) is 9.25 Å². The molecular formula is C13H10ClN5. The highest BCUT2D eigenvalue weighted by Crippen LogP contribution is 2.23. The van der Waals surface area contributed by atoms with Crippen molar-refractivity contribution in [3.8, 4) is 11.8 Å². The summed E-state index contributed by atoms with van der Waals surface area (Å²) in [5.74, 6) is 1.03. The van der Waals surface area contributed by atoms with Gasteiger partial charge in [-0.05, 0) is 18.2 Å². The maximum atomic E-state index is 9.00. The highest BCUT2D eigenvalue weighted by atomic mass is 35.5. The highest BCUT2D eigenvalue weighted by molar-refractivity contribution is 6.17. The number of hydrogen-bond acceptors (Lipinski definition) is 3. The van der Waals surface area contributed by atoms with Crippen LogP contribution in [0.2, 0.25) is 0 Å². The van der Waals surface area contributed by atoms with Gasteiger partial charge in [0, 0.05) is 13.2 Å². The number of imidazole rings is 1. The summed E-state index contributed by atoms with van der Waals surface area (Å²) in [5, 5.41) is 13.2. The van der Waals surface area contributed by atoms with Crippen LogP contribution in [0.5, 0.6) is 0 Å². The second kappa shape index (κ2) is 4.41. The van der Waals surface area contributed by atoms with Crippen molar-refractivity contribution < 1.29 is 0 Å². The van der Waals surface area contributed by atoms with Gasteiger partial charge in [0.05, 0.1) is 40.4 Å². The fourth-order valence-corrected chi connectivity index (χ4v) is 2.28. The lowest BCUT2D eigenvalue weighted by molar-refractivity contribution is 0.767. The average Bonchev–Trinajstić information content (AvgIpc) is 3.00. The van der Waals surface area contributed by atoms with Crippen LogP contribution in [0.15, 0.2) is 30.6 Å². The molecule has 3 rings (SSSR count). The van der Waals surface area contributed by atoms with Crippen LogP contribution in [-0.4, -0.2) is 19.3 Å². The minimum absolute atomic E-state index is 0.297. The molecule has 19 heavy (non-hydrogen) atoms. The van der Waals surface area contributed by atoms with E-state index < -0.39 is 0 Å². The second-order valence-corrected chi connectivity index (χ2v) is 4.45. The number of nitriles is 1. The topological polar surface area (TPSA) is 59.4 Å². The summed E-state index contributed by atoms with van der Waals surface area (Å²) in [5.41, 5.74) is 3.16. The zero-order valence-corrected chi connectivity index (χ0v) is 11.0. The maximum absolute atomic E-state index is 9.00. The molecule has 0 spiro atoms. The van der Waals surface area contributed by atoms with E-state index in [0.717, 1.165) is 22.5 Å². The quantitative estimate of drug-likeness (QED) is 0.672. The minimum atomic E-state index is 0.297. The monoisotopic (exact) mass is 271 g/mol. The van der Waals surface area contributed by atoms with E-state index in [0.29, 0.717) is 11.4 Å². The van der Waals surface area contributed by atoms with E-state index in [2.05, 4.69) is 16.2 Å². The van der Waals surface area contributed by atoms with Gasteiger partial charge >= 0.3 is 0 Å². The van der Waals surface area contributed by atoms with Crippen LogP contribution in [0.1, 0.15) is 11.4 Å².